The van der Waals surface area contributed by atoms with Gasteiger partial charge in [-0.1, -0.05) is 37.9 Å². The number of carbonyl (C=O) groups is 1. The molecule has 0 spiro atoms. The predicted octanol–water partition coefficient (Wildman–Crippen LogP) is 4.78. The molecule has 0 radical (unpaired) electrons. The van der Waals surface area contributed by atoms with Crippen LogP contribution < -0.4 is 5.32 Å². The third kappa shape index (κ3) is 2.41. The van der Waals surface area contributed by atoms with Gasteiger partial charge < -0.3 is 9.73 Å². The van der Waals surface area contributed by atoms with Gasteiger partial charge in [-0.3, -0.25) is 4.79 Å². The molecule has 3 nitrogen and oxygen atoms in total. The predicted molar refractivity (Wildman–Crippen MR) is 83.7 cm³/mol. The number of alkyl halides is 1. The van der Waals surface area contributed by atoms with E-state index in [2.05, 4.69) is 53.1 Å². The molecular formula is C13H8Br3NO2. The number of benzene rings is 1. The van der Waals surface area contributed by atoms with E-state index in [9.17, 15) is 4.79 Å². The summed E-state index contributed by atoms with van der Waals surface area (Å²) in [5.41, 5.74) is 3.98. The highest BCUT2D eigenvalue weighted by atomic mass is 79.9. The summed E-state index contributed by atoms with van der Waals surface area (Å²) < 4.78 is 6.91. The molecule has 0 saturated heterocycles. The molecule has 2 heterocycles. The van der Waals surface area contributed by atoms with Crippen molar-refractivity contribution in [2.75, 3.05) is 5.32 Å². The lowest BCUT2D eigenvalue weighted by atomic mass is 10.0. The van der Waals surface area contributed by atoms with Crippen LogP contribution in [0.15, 0.2) is 38.0 Å². The molecule has 0 bridgehead atoms. The Labute approximate surface area is 135 Å². The van der Waals surface area contributed by atoms with Crippen LogP contribution in [0.2, 0.25) is 0 Å². The van der Waals surface area contributed by atoms with Crippen molar-refractivity contribution in [2.45, 2.75) is 11.2 Å². The first kappa shape index (κ1) is 13.4. The smallest absolute Gasteiger partial charge is 0.228 e. The molecule has 1 N–H and O–H groups in total. The van der Waals surface area contributed by atoms with Crippen LogP contribution in [0.25, 0.3) is 0 Å². The van der Waals surface area contributed by atoms with E-state index in [1.807, 2.05) is 18.2 Å². The van der Waals surface area contributed by atoms with Crippen LogP contribution in [-0.2, 0) is 11.2 Å². The molecule has 3 rings (SSSR count). The SMILES string of the molecule is O=C1Cc2cc(C(Br)c3ccoc3Br)c(Br)cc2N1. The fourth-order valence-electron chi connectivity index (χ4n) is 2.11. The van der Waals surface area contributed by atoms with Crippen LogP contribution in [-0.4, -0.2) is 5.91 Å². The maximum atomic E-state index is 11.4. The summed E-state index contributed by atoms with van der Waals surface area (Å²) >= 11 is 10.6. The summed E-state index contributed by atoms with van der Waals surface area (Å²) in [6, 6.07) is 5.89. The van der Waals surface area contributed by atoms with E-state index >= 15 is 0 Å². The second kappa shape index (κ2) is 5.07. The highest BCUT2D eigenvalue weighted by Crippen LogP contribution is 2.41. The molecule has 1 aromatic carbocycles. The number of amides is 1. The Morgan fingerprint density at radius 1 is 1.26 bits per heavy atom. The molecule has 98 valence electrons. The number of anilines is 1. The van der Waals surface area contributed by atoms with Gasteiger partial charge in [0, 0.05) is 15.7 Å². The third-order valence-electron chi connectivity index (χ3n) is 3.04. The van der Waals surface area contributed by atoms with E-state index in [0.29, 0.717) is 11.1 Å². The molecule has 1 aliphatic heterocycles. The number of hydrogen-bond acceptors (Lipinski definition) is 2. The first-order valence-corrected chi connectivity index (χ1v) is 8.05. The Bertz CT molecular complexity index is 666. The highest BCUT2D eigenvalue weighted by molar-refractivity contribution is 9.11. The molecule has 19 heavy (non-hydrogen) atoms. The number of rotatable bonds is 2. The number of furan rings is 1. The van der Waals surface area contributed by atoms with E-state index in [-0.39, 0.29) is 10.7 Å². The van der Waals surface area contributed by atoms with Gasteiger partial charge in [-0.15, -0.1) is 0 Å². The van der Waals surface area contributed by atoms with Crippen LogP contribution in [0, 0.1) is 0 Å². The number of nitrogens with one attached hydrogen (secondary N) is 1. The van der Waals surface area contributed by atoms with Gasteiger partial charge in [0.2, 0.25) is 5.91 Å². The summed E-state index contributed by atoms with van der Waals surface area (Å²) in [4.78, 5) is 11.4. The number of halogens is 3. The van der Waals surface area contributed by atoms with E-state index in [1.54, 1.807) is 6.26 Å². The van der Waals surface area contributed by atoms with Crippen molar-refractivity contribution in [3.8, 4) is 0 Å². The van der Waals surface area contributed by atoms with Crippen molar-refractivity contribution in [1.29, 1.82) is 0 Å². The van der Waals surface area contributed by atoms with E-state index < -0.39 is 0 Å². The summed E-state index contributed by atoms with van der Waals surface area (Å²) in [6.07, 6.45) is 2.07. The Morgan fingerprint density at radius 3 is 2.74 bits per heavy atom. The highest BCUT2D eigenvalue weighted by Gasteiger charge is 2.24. The summed E-state index contributed by atoms with van der Waals surface area (Å²) in [6.45, 7) is 0. The van der Waals surface area contributed by atoms with Crippen molar-refractivity contribution in [2.24, 2.45) is 0 Å². The Morgan fingerprint density at radius 2 is 2.05 bits per heavy atom. The number of fused-ring (bicyclic) bond motifs is 1. The molecule has 2 aromatic rings. The van der Waals surface area contributed by atoms with Crippen LogP contribution in [0.5, 0.6) is 0 Å². The maximum Gasteiger partial charge on any atom is 0.228 e. The van der Waals surface area contributed by atoms with Gasteiger partial charge in [-0.25, -0.2) is 0 Å². The van der Waals surface area contributed by atoms with Crippen LogP contribution in [0.3, 0.4) is 0 Å². The first-order valence-electron chi connectivity index (χ1n) is 5.55. The molecular weight excluding hydrogens is 442 g/mol. The van der Waals surface area contributed by atoms with E-state index in [1.165, 1.54) is 0 Å². The zero-order chi connectivity index (χ0) is 13.6. The zero-order valence-electron chi connectivity index (χ0n) is 9.54. The molecule has 1 aromatic heterocycles. The molecule has 1 unspecified atom stereocenters. The summed E-state index contributed by atoms with van der Waals surface area (Å²) in [7, 11) is 0. The molecule has 0 fully saturated rings. The largest absolute Gasteiger partial charge is 0.457 e. The normalized spacial score (nSPS) is 15.2. The second-order valence-corrected chi connectivity index (χ2v) is 6.76. The average molecular weight is 450 g/mol. The Balaban J connectivity index is 2.05. The minimum absolute atomic E-state index is 0.00370. The van der Waals surface area contributed by atoms with Gasteiger partial charge in [0.1, 0.15) is 0 Å². The average Bonchev–Trinajstić information content (AvgIpc) is 2.92. The van der Waals surface area contributed by atoms with Crippen LogP contribution in [0.1, 0.15) is 21.5 Å². The Kier molecular flexibility index (Phi) is 3.57. The minimum Gasteiger partial charge on any atom is -0.457 e. The molecule has 0 aliphatic carbocycles. The molecule has 1 aliphatic rings. The van der Waals surface area contributed by atoms with Gasteiger partial charge in [0.25, 0.3) is 0 Å². The zero-order valence-corrected chi connectivity index (χ0v) is 14.3. The monoisotopic (exact) mass is 447 g/mol. The molecule has 0 saturated carbocycles. The summed E-state index contributed by atoms with van der Waals surface area (Å²) in [5.74, 6) is 0.0367. The first-order chi connectivity index (χ1) is 9.06. The fraction of sp³-hybridized carbons (Fsp3) is 0.154. The van der Waals surface area contributed by atoms with Crippen LogP contribution >= 0.6 is 47.8 Å². The Hall–Kier alpha value is -0.590. The lowest BCUT2D eigenvalue weighted by Gasteiger charge is -2.13. The van der Waals surface area contributed by atoms with Crippen molar-refractivity contribution >= 4 is 59.4 Å². The third-order valence-corrected chi connectivity index (χ3v) is 5.36. The van der Waals surface area contributed by atoms with Crippen molar-refractivity contribution in [3.05, 3.63) is 50.3 Å². The van der Waals surface area contributed by atoms with Gasteiger partial charge in [0.15, 0.2) is 4.67 Å². The van der Waals surface area contributed by atoms with Gasteiger partial charge >= 0.3 is 0 Å². The van der Waals surface area contributed by atoms with E-state index in [0.717, 1.165) is 26.9 Å². The van der Waals surface area contributed by atoms with Crippen molar-refractivity contribution < 1.29 is 9.21 Å². The van der Waals surface area contributed by atoms with E-state index in [4.69, 9.17) is 4.42 Å². The standard InChI is InChI=1S/C13H8Br3NO2/c14-9-5-10-6(4-11(18)17-10)3-8(9)12(15)7-1-2-19-13(7)16/h1-3,5,12H,4H2,(H,17,18). The lowest BCUT2D eigenvalue weighted by molar-refractivity contribution is -0.115. The maximum absolute atomic E-state index is 11.4. The number of carbonyl (C=O) groups excluding carboxylic acids is 1. The van der Waals surface area contributed by atoms with Gasteiger partial charge in [0.05, 0.1) is 17.5 Å². The number of hydrogen-bond donors (Lipinski definition) is 1. The lowest BCUT2D eigenvalue weighted by Crippen LogP contribution is -2.03. The van der Waals surface area contributed by atoms with Crippen LogP contribution in [0.4, 0.5) is 5.69 Å². The van der Waals surface area contributed by atoms with Crippen molar-refractivity contribution in [1.82, 2.24) is 0 Å². The quantitative estimate of drug-likeness (QED) is 0.670. The molecule has 1 amide bonds. The second-order valence-electron chi connectivity index (χ2n) is 4.27. The minimum atomic E-state index is -0.00370. The van der Waals surface area contributed by atoms with Crippen molar-refractivity contribution in [3.63, 3.8) is 0 Å². The summed E-state index contributed by atoms with van der Waals surface area (Å²) in [5, 5.41) is 2.84. The molecule has 6 heteroatoms. The van der Waals surface area contributed by atoms with Gasteiger partial charge in [-0.2, -0.15) is 0 Å². The van der Waals surface area contributed by atoms with Gasteiger partial charge in [-0.05, 0) is 39.2 Å². The topological polar surface area (TPSA) is 42.2 Å². The molecule has 1 atom stereocenters. The fourth-order valence-corrected chi connectivity index (χ4v) is 4.51.